The van der Waals surface area contributed by atoms with Crippen molar-refractivity contribution in [3.63, 3.8) is 0 Å². The third-order valence-corrected chi connectivity index (χ3v) is 4.92. The predicted molar refractivity (Wildman–Crippen MR) is 98.8 cm³/mol. The van der Waals surface area contributed by atoms with E-state index in [4.69, 9.17) is 9.26 Å². The Hall–Kier alpha value is -3.28. The molecule has 0 amide bonds. The van der Waals surface area contributed by atoms with Gasteiger partial charge in [-0.2, -0.15) is 18.9 Å². The maximum Gasteiger partial charge on any atom is 0.387 e. The molecule has 0 saturated carbocycles. The Kier molecular flexibility index (Phi) is 5.25. The van der Waals surface area contributed by atoms with Crippen molar-refractivity contribution in [1.29, 1.82) is 0 Å². The van der Waals surface area contributed by atoms with Gasteiger partial charge in [-0.05, 0) is 18.2 Å². The molecule has 9 nitrogen and oxygen atoms in total. The molecule has 3 heterocycles. The number of aromatic nitrogens is 6. The first kappa shape index (κ1) is 19.1. The zero-order valence-electron chi connectivity index (χ0n) is 15.2. The number of benzene rings is 1. The van der Waals surface area contributed by atoms with Crippen molar-refractivity contribution in [2.75, 3.05) is 7.11 Å². The second-order valence-electron chi connectivity index (χ2n) is 5.73. The highest BCUT2D eigenvalue weighted by molar-refractivity contribution is 7.98. The lowest BCUT2D eigenvalue weighted by Crippen LogP contribution is -2.03. The van der Waals surface area contributed by atoms with E-state index in [9.17, 15) is 8.78 Å². The van der Waals surface area contributed by atoms with E-state index in [0.29, 0.717) is 23.0 Å². The van der Waals surface area contributed by atoms with Crippen LogP contribution in [-0.2, 0) is 12.8 Å². The molecule has 0 aliphatic heterocycles. The van der Waals surface area contributed by atoms with Gasteiger partial charge < -0.3 is 14.0 Å². The third kappa shape index (κ3) is 3.97. The zero-order valence-corrected chi connectivity index (χ0v) is 16.1. The van der Waals surface area contributed by atoms with Crippen LogP contribution in [0.4, 0.5) is 8.78 Å². The van der Waals surface area contributed by atoms with Gasteiger partial charge in [-0.1, -0.05) is 16.9 Å². The first-order valence-corrected chi connectivity index (χ1v) is 9.25. The summed E-state index contributed by atoms with van der Waals surface area (Å²) < 4.78 is 41.4. The summed E-state index contributed by atoms with van der Waals surface area (Å²) in [7, 11) is 3.16. The number of hydrogen-bond donors (Lipinski definition) is 0. The van der Waals surface area contributed by atoms with Gasteiger partial charge in [0.1, 0.15) is 11.4 Å². The van der Waals surface area contributed by atoms with Crippen LogP contribution < -0.4 is 9.47 Å². The SMILES string of the molecule is COc1cc(-c2noc(CSc3ncnc4c3cnn4C)n2)ccc1OC(F)F. The van der Waals surface area contributed by atoms with E-state index in [2.05, 4.69) is 29.9 Å². The molecule has 3 aromatic heterocycles. The Morgan fingerprint density at radius 3 is 2.90 bits per heavy atom. The Bertz CT molecular complexity index is 1150. The van der Waals surface area contributed by atoms with Crippen LogP contribution in [0.1, 0.15) is 5.89 Å². The Morgan fingerprint density at radius 2 is 2.10 bits per heavy atom. The molecule has 4 rings (SSSR count). The second kappa shape index (κ2) is 7.99. The summed E-state index contributed by atoms with van der Waals surface area (Å²) in [4.78, 5) is 12.8. The zero-order chi connectivity index (χ0) is 20.4. The molecular formula is C17H14F2N6O3S. The fourth-order valence-corrected chi connectivity index (χ4v) is 3.42. The summed E-state index contributed by atoms with van der Waals surface area (Å²) in [6.07, 6.45) is 3.17. The van der Waals surface area contributed by atoms with Crippen molar-refractivity contribution >= 4 is 22.8 Å². The van der Waals surface area contributed by atoms with Crippen molar-refractivity contribution in [2.24, 2.45) is 7.05 Å². The Balaban J connectivity index is 1.51. The lowest BCUT2D eigenvalue weighted by molar-refractivity contribution is -0.0512. The maximum atomic E-state index is 12.5. The van der Waals surface area contributed by atoms with Gasteiger partial charge in [-0.3, -0.25) is 4.68 Å². The molecule has 0 radical (unpaired) electrons. The van der Waals surface area contributed by atoms with Crippen LogP contribution in [0.2, 0.25) is 0 Å². The van der Waals surface area contributed by atoms with E-state index >= 15 is 0 Å². The third-order valence-electron chi connectivity index (χ3n) is 3.93. The number of ether oxygens (including phenoxy) is 2. The highest BCUT2D eigenvalue weighted by Crippen LogP contribution is 2.33. The van der Waals surface area contributed by atoms with Crippen LogP contribution in [-0.4, -0.2) is 43.6 Å². The summed E-state index contributed by atoms with van der Waals surface area (Å²) in [6, 6.07) is 4.42. The first-order valence-electron chi connectivity index (χ1n) is 8.26. The van der Waals surface area contributed by atoms with Gasteiger partial charge in [0.25, 0.3) is 0 Å². The van der Waals surface area contributed by atoms with Crippen molar-refractivity contribution in [1.82, 2.24) is 29.9 Å². The first-order chi connectivity index (χ1) is 14.0. The van der Waals surface area contributed by atoms with Gasteiger partial charge in [0.2, 0.25) is 11.7 Å². The van der Waals surface area contributed by atoms with Crippen LogP contribution in [0.15, 0.2) is 40.3 Å². The van der Waals surface area contributed by atoms with E-state index in [1.807, 2.05) is 0 Å². The molecular weight excluding hydrogens is 406 g/mol. The molecule has 12 heteroatoms. The van der Waals surface area contributed by atoms with Crippen LogP contribution >= 0.6 is 11.8 Å². The number of fused-ring (bicyclic) bond motifs is 1. The molecule has 0 atom stereocenters. The number of hydrogen-bond acceptors (Lipinski definition) is 9. The van der Waals surface area contributed by atoms with E-state index in [1.54, 1.807) is 24.0 Å². The largest absolute Gasteiger partial charge is 0.493 e. The lowest BCUT2D eigenvalue weighted by atomic mass is 10.2. The monoisotopic (exact) mass is 420 g/mol. The summed E-state index contributed by atoms with van der Waals surface area (Å²) in [5, 5.41) is 9.70. The number of aryl methyl sites for hydroxylation is 1. The molecule has 0 aliphatic carbocycles. The number of methoxy groups -OCH3 is 1. The number of nitrogens with zero attached hydrogens (tertiary/aromatic N) is 6. The van der Waals surface area contributed by atoms with E-state index in [1.165, 1.54) is 37.3 Å². The molecule has 0 unspecified atom stereocenters. The highest BCUT2D eigenvalue weighted by atomic mass is 32.2. The lowest BCUT2D eigenvalue weighted by Gasteiger charge is -2.10. The van der Waals surface area contributed by atoms with Crippen LogP contribution in [0.5, 0.6) is 11.5 Å². The van der Waals surface area contributed by atoms with Gasteiger partial charge in [0.05, 0.1) is 24.4 Å². The Morgan fingerprint density at radius 1 is 1.24 bits per heavy atom. The average molecular weight is 420 g/mol. The fraction of sp³-hybridized carbons (Fsp3) is 0.235. The molecule has 0 saturated heterocycles. The summed E-state index contributed by atoms with van der Waals surface area (Å²) in [5.74, 6) is 1.14. The normalized spacial score (nSPS) is 11.3. The minimum Gasteiger partial charge on any atom is -0.493 e. The maximum absolute atomic E-state index is 12.5. The van der Waals surface area contributed by atoms with Crippen LogP contribution in [0, 0.1) is 0 Å². The van der Waals surface area contributed by atoms with E-state index in [-0.39, 0.29) is 11.5 Å². The van der Waals surface area contributed by atoms with Gasteiger partial charge in [-0.15, -0.1) is 0 Å². The minimum absolute atomic E-state index is 0.0743. The second-order valence-corrected chi connectivity index (χ2v) is 6.69. The van der Waals surface area contributed by atoms with E-state index in [0.717, 1.165) is 16.1 Å². The molecule has 4 aromatic rings. The van der Waals surface area contributed by atoms with Crippen molar-refractivity contribution < 1.29 is 22.8 Å². The molecule has 0 aliphatic rings. The van der Waals surface area contributed by atoms with Crippen molar-refractivity contribution in [3.8, 4) is 22.9 Å². The number of thioether (sulfide) groups is 1. The Labute approximate surface area is 167 Å². The molecule has 0 N–H and O–H groups in total. The quantitative estimate of drug-likeness (QED) is 0.329. The number of rotatable bonds is 7. The van der Waals surface area contributed by atoms with Crippen LogP contribution in [0.25, 0.3) is 22.4 Å². The smallest absolute Gasteiger partial charge is 0.387 e. The molecule has 0 bridgehead atoms. The minimum atomic E-state index is -2.95. The fourth-order valence-electron chi connectivity index (χ4n) is 2.62. The summed E-state index contributed by atoms with van der Waals surface area (Å²) in [5.41, 5.74) is 1.27. The molecule has 29 heavy (non-hydrogen) atoms. The van der Waals surface area contributed by atoms with Gasteiger partial charge >= 0.3 is 6.61 Å². The van der Waals surface area contributed by atoms with Gasteiger partial charge in [0.15, 0.2) is 17.1 Å². The van der Waals surface area contributed by atoms with E-state index < -0.39 is 6.61 Å². The van der Waals surface area contributed by atoms with Crippen LogP contribution in [0.3, 0.4) is 0 Å². The molecule has 0 spiro atoms. The van der Waals surface area contributed by atoms with Gasteiger partial charge in [-0.25, -0.2) is 9.97 Å². The average Bonchev–Trinajstić information content (AvgIpc) is 3.34. The standard InChI is InChI=1S/C17H14F2N6O3S/c1-25-15-10(6-22-25)16(21-8-20-15)29-7-13-23-14(24-28-13)9-3-4-11(27-17(18)19)12(5-9)26-2/h3-6,8,17H,7H2,1-2H3. The predicted octanol–water partition coefficient (Wildman–Crippen LogP) is 3.32. The number of halogens is 2. The molecule has 1 aromatic carbocycles. The topological polar surface area (TPSA) is 101 Å². The summed E-state index contributed by atoms with van der Waals surface area (Å²) in [6.45, 7) is -2.95. The molecule has 0 fully saturated rings. The molecule has 150 valence electrons. The highest BCUT2D eigenvalue weighted by Gasteiger charge is 2.16. The van der Waals surface area contributed by atoms with Crippen molar-refractivity contribution in [2.45, 2.75) is 17.4 Å². The van der Waals surface area contributed by atoms with Crippen molar-refractivity contribution in [3.05, 3.63) is 36.6 Å². The summed E-state index contributed by atoms with van der Waals surface area (Å²) >= 11 is 1.41. The number of alkyl halides is 2. The van der Waals surface area contributed by atoms with Gasteiger partial charge in [0, 0.05) is 12.6 Å².